The van der Waals surface area contributed by atoms with Crippen molar-refractivity contribution < 1.29 is 0 Å². The highest BCUT2D eigenvalue weighted by Crippen LogP contribution is 2.13. The molecule has 16 heavy (non-hydrogen) atoms. The summed E-state index contributed by atoms with van der Waals surface area (Å²) >= 11 is 1.89. The van der Waals surface area contributed by atoms with Crippen LogP contribution in [0.5, 0.6) is 0 Å². The third-order valence-electron chi connectivity index (χ3n) is 2.57. The topological polar surface area (TPSA) is 38.0 Å². The Morgan fingerprint density at radius 3 is 2.88 bits per heavy atom. The van der Waals surface area contributed by atoms with Gasteiger partial charge in [0.2, 0.25) is 0 Å². The van der Waals surface area contributed by atoms with E-state index in [4.69, 9.17) is 5.73 Å². The van der Waals surface area contributed by atoms with Gasteiger partial charge in [-0.1, -0.05) is 12.1 Å². The van der Waals surface area contributed by atoms with Crippen LogP contribution in [0.1, 0.15) is 18.4 Å². The van der Waals surface area contributed by atoms with Gasteiger partial charge in [0, 0.05) is 18.3 Å². The van der Waals surface area contributed by atoms with Crippen molar-refractivity contribution in [1.82, 2.24) is 0 Å². The van der Waals surface area contributed by atoms with Gasteiger partial charge < -0.3 is 11.1 Å². The molecule has 0 aromatic heterocycles. The van der Waals surface area contributed by atoms with Crippen molar-refractivity contribution in [3.05, 3.63) is 29.8 Å². The summed E-state index contributed by atoms with van der Waals surface area (Å²) < 4.78 is 0. The van der Waals surface area contributed by atoms with E-state index in [9.17, 15) is 0 Å². The lowest BCUT2D eigenvalue weighted by molar-refractivity contribution is 0.652. The van der Waals surface area contributed by atoms with Crippen LogP contribution in [0.3, 0.4) is 0 Å². The number of anilines is 1. The Morgan fingerprint density at radius 2 is 2.25 bits per heavy atom. The fourth-order valence-electron chi connectivity index (χ4n) is 1.69. The highest BCUT2D eigenvalue weighted by atomic mass is 32.2. The molecule has 1 unspecified atom stereocenters. The second-order valence-electron chi connectivity index (χ2n) is 4.08. The first-order chi connectivity index (χ1) is 7.76. The van der Waals surface area contributed by atoms with Crippen molar-refractivity contribution in [2.24, 2.45) is 5.73 Å². The Bertz CT molecular complexity index is 302. The van der Waals surface area contributed by atoms with E-state index in [1.165, 1.54) is 23.4 Å². The third kappa shape index (κ3) is 4.90. The summed E-state index contributed by atoms with van der Waals surface area (Å²) in [5, 5.41) is 3.49. The van der Waals surface area contributed by atoms with E-state index in [0.29, 0.717) is 12.6 Å². The van der Waals surface area contributed by atoms with Crippen molar-refractivity contribution in [3.63, 3.8) is 0 Å². The summed E-state index contributed by atoms with van der Waals surface area (Å²) in [7, 11) is 0. The van der Waals surface area contributed by atoms with E-state index >= 15 is 0 Å². The lowest BCUT2D eigenvalue weighted by Gasteiger charge is -2.18. The van der Waals surface area contributed by atoms with Crippen molar-refractivity contribution in [3.8, 4) is 0 Å². The zero-order chi connectivity index (χ0) is 11.8. The SMILES string of the molecule is CSCCCC(CN)Nc1cccc(C)c1. The second-order valence-corrected chi connectivity index (χ2v) is 5.07. The zero-order valence-corrected chi connectivity index (χ0v) is 11.0. The molecule has 1 atom stereocenters. The first-order valence-electron chi connectivity index (χ1n) is 5.78. The maximum Gasteiger partial charge on any atom is 0.0384 e. The molecule has 3 N–H and O–H groups in total. The van der Waals surface area contributed by atoms with Gasteiger partial charge in [-0.25, -0.2) is 0 Å². The minimum absolute atomic E-state index is 0.397. The molecule has 0 amide bonds. The van der Waals surface area contributed by atoms with Gasteiger partial charge in [0.15, 0.2) is 0 Å². The molecule has 0 saturated carbocycles. The molecule has 1 rings (SSSR count). The number of aryl methyl sites for hydroxylation is 1. The Labute approximate surface area is 103 Å². The lowest BCUT2D eigenvalue weighted by atomic mass is 10.1. The molecule has 0 radical (unpaired) electrons. The van der Waals surface area contributed by atoms with Crippen LogP contribution in [0, 0.1) is 6.92 Å². The minimum Gasteiger partial charge on any atom is -0.381 e. The van der Waals surface area contributed by atoms with Crippen molar-refractivity contribution >= 4 is 17.4 Å². The minimum atomic E-state index is 0.397. The summed E-state index contributed by atoms with van der Waals surface area (Å²) in [6.07, 6.45) is 4.51. The summed E-state index contributed by atoms with van der Waals surface area (Å²) in [6.45, 7) is 2.80. The van der Waals surface area contributed by atoms with Gasteiger partial charge in [-0.3, -0.25) is 0 Å². The molecular weight excluding hydrogens is 216 g/mol. The highest BCUT2D eigenvalue weighted by Gasteiger charge is 2.05. The Kier molecular flexibility index (Phi) is 6.34. The molecule has 0 heterocycles. The molecule has 0 fully saturated rings. The molecule has 0 bridgehead atoms. The fourth-order valence-corrected chi connectivity index (χ4v) is 2.15. The predicted octanol–water partition coefficient (Wildman–Crippen LogP) is 2.88. The quantitative estimate of drug-likeness (QED) is 0.717. The normalized spacial score (nSPS) is 12.4. The molecule has 0 spiro atoms. The monoisotopic (exact) mass is 238 g/mol. The predicted molar refractivity (Wildman–Crippen MR) is 75.3 cm³/mol. The fraction of sp³-hybridized carbons (Fsp3) is 0.538. The van der Waals surface area contributed by atoms with Gasteiger partial charge in [-0.05, 0) is 49.5 Å². The number of nitrogens with one attached hydrogen (secondary N) is 1. The molecule has 90 valence electrons. The van der Waals surface area contributed by atoms with Gasteiger partial charge in [-0.15, -0.1) is 0 Å². The zero-order valence-electron chi connectivity index (χ0n) is 10.2. The van der Waals surface area contributed by atoms with Crippen LogP contribution in [0.4, 0.5) is 5.69 Å². The van der Waals surface area contributed by atoms with Gasteiger partial charge in [-0.2, -0.15) is 11.8 Å². The highest BCUT2D eigenvalue weighted by molar-refractivity contribution is 7.98. The molecule has 2 nitrogen and oxygen atoms in total. The maximum atomic E-state index is 5.77. The van der Waals surface area contributed by atoms with Gasteiger partial charge in [0.1, 0.15) is 0 Å². The van der Waals surface area contributed by atoms with E-state index in [1.54, 1.807) is 0 Å². The number of hydrogen-bond acceptors (Lipinski definition) is 3. The van der Waals surface area contributed by atoms with Gasteiger partial charge in [0.05, 0.1) is 0 Å². The first kappa shape index (κ1) is 13.4. The van der Waals surface area contributed by atoms with Gasteiger partial charge >= 0.3 is 0 Å². The molecule has 0 aliphatic heterocycles. The van der Waals surface area contributed by atoms with E-state index in [-0.39, 0.29) is 0 Å². The molecule has 0 aliphatic rings. The summed E-state index contributed by atoms with van der Waals surface area (Å²) in [6, 6.07) is 8.85. The van der Waals surface area contributed by atoms with Crippen molar-refractivity contribution in [2.45, 2.75) is 25.8 Å². The maximum absolute atomic E-state index is 5.77. The van der Waals surface area contributed by atoms with Crippen molar-refractivity contribution in [1.29, 1.82) is 0 Å². The summed E-state index contributed by atoms with van der Waals surface area (Å²) in [5.41, 5.74) is 8.23. The summed E-state index contributed by atoms with van der Waals surface area (Å²) in [5.74, 6) is 1.21. The Morgan fingerprint density at radius 1 is 1.44 bits per heavy atom. The van der Waals surface area contributed by atoms with Crippen LogP contribution < -0.4 is 11.1 Å². The molecular formula is C13H22N2S. The van der Waals surface area contributed by atoms with Crippen LogP contribution in [0.2, 0.25) is 0 Å². The lowest BCUT2D eigenvalue weighted by Crippen LogP contribution is -2.28. The van der Waals surface area contributed by atoms with Gasteiger partial charge in [0.25, 0.3) is 0 Å². The molecule has 0 aliphatic carbocycles. The van der Waals surface area contributed by atoms with Crippen LogP contribution in [0.25, 0.3) is 0 Å². The third-order valence-corrected chi connectivity index (χ3v) is 3.27. The van der Waals surface area contributed by atoms with Crippen LogP contribution in [0.15, 0.2) is 24.3 Å². The van der Waals surface area contributed by atoms with E-state index < -0.39 is 0 Å². The smallest absolute Gasteiger partial charge is 0.0384 e. The number of nitrogens with two attached hydrogens (primary N) is 1. The van der Waals surface area contributed by atoms with Crippen LogP contribution >= 0.6 is 11.8 Å². The Hall–Kier alpha value is -0.670. The number of rotatable bonds is 7. The average molecular weight is 238 g/mol. The van der Waals surface area contributed by atoms with E-state index in [0.717, 1.165) is 6.42 Å². The number of benzene rings is 1. The molecule has 0 saturated heterocycles. The number of thioether (sulfide) groups is 1. The number of hydrogen-bond donors (Lipinski definition) is 2. The average Bonchev–Trinajstić information content (AvgIpc) is 2.28. The summed E-state index contributed by atoms with van der Waals surface area (Å²) in [4.78, 5) is 0. The second kappa shape index (κ2) is 7.58. The standard InChI is InChI=1S/C13H22N2S/c1-11-5-3-6-12(9-11)15-13(10-14)7-4-8-16-2/h3,5-6,9,13,15H,4,7-8,10,14H2,1-2H3. The van der Waals surface area contributed by atoms with Crippen molar-refractivity contribution in [2.75, 3.05) is 23.9 Å². The van der Waals surface area contributed by atoms with E-state index in [1.807, 2.05) is 11.8 Å². The first-order valence-corrected chi connectivity index (χ1v) is 7.18. The molecule has 3 heteroatoms. The largest absolute Gasteiger partial charge is 0.381 e. The van der Waals surface area contributed by atoms with Crippen LogP contribution in [-0.2, 0) is 0 Å². The Balaban J connectivity index is 2.43. The van der Waals surface area contributed by atoms with Crippen LogP contribution in [-0.4, -0.2) is 24.6 Å². The molecule has 1 aromatic rings. The van der Waals surface area contributed by atoms with E-state index in [2.05, 4.69) is 42.8 Å². The molecule has 1 aromatic carbocycles.